The molecule has 0 radical (unpaired) electrons. The van der Waals surface area contributed by atoms with E-state index in [1.165, 1.54) is 29.9 Å². The summed E-state index contributed by atoms with van der Waals surface area (Å²) in [5, 5.41) is 4.12. The molecule has 1 atom stereocenters. The molecular formula is C37H37ClN2O5. The molecule has 0 unspecified atom stereocenters. The lowest BCUT2D eigenvalue weighted by Crippen LogP contribution is -2.36. The van der Waals surface area contributed by atoms with E-state index in [1.807, 2.05) is 29.2 Å². The summed E-state index contributed by atoms with van der Waals surface area (Å²) in [5.74, 6) is 0.733. The van der Waals surface area contributed by atoms with Crippen LogP contribution in [0.5, 0.6) is 5.75 Å². The highest BCUT2D eigenvalue weighted by atomic mass is 35.5. The van der Waals surface area contributed by atoms with Crippen LogP contribution in [-0.2, 0) is 17.8 Å². The maximum absolute atomic E-state index is 13.5. The van der Waals surface area contributed by atoms with Gasteiger partial charge in [0.15, 0.2) is 11.2 Å². The van der Waals surface area contributed by atoms with Crippen molar-refractivity contribution in [2.45, 2.75) is 63.5 Å². The number of amides is 2. The number of ether oxygens (including phenoxy) is 1. The fourth-order valence-electron chi connectivity index (χ4n) is 6.54. The maximum atomic E-state index is 13.5. The summed E-state index contributed by atoms with van der Waals surface area (Å²) >= 11 is 6.13. The van der Waals surface area contributed by atoms with Gasteiger partial charge in [0, 0.05) is 30.6 Å². The largest absolute Gasteiger partial charge is 0.497 e. The summed E-state index contributed by atoms with van der Waals surface area (Å²) in [6, 6.07) is 22.0. The number of fused-ring (bicyclic) bond motifs is 1. The molecule has 2 aliphatic rings. The third-order valence-corrected chi connectivity index (χ3v) is 9.19. The molecule has 1 N–H and O–H groups in total. The minimum Gasteiger partial charge on any atom is -0.497 e. The molecular weight excluding hydrogens is 588 g/mol. The van der Waals surface area contributed by atoms with Gasteiger partial charge in [-0.1, -0.05) is 59.6 Å². The zero-order chi connectivity index (χ0) is 31.3. The highest BCUT2D eigenvalue weighted by molar-refractivity contribution is 6.30. The zero-order valence-corrected chi connectivity index (χ0v) is 26.1. The second kappa shape index (κ2) is 13.7. The summed E-state index contributed by atoms with van der Waals surface area (Å²) in [4.78, 5) is 40.6. The number of hydrogen-bond donors (Lipinski definition) is 1. The Hall–Kier alpha value is -4.36. The van der Waals surface area contributed by atoms with Gasteiger partial charge in [-0.2, -0.15) is 0 Å². The van der Waals surface area contributed by atoms with E-state index < -0.39 is 5.91 Å². The Balaban J connectivity index is 1.19. The molecule has 7 nitrogen and oxygen atoms in total. The Morgan fingerprint density at radius 1 is 1.04 bits per heavy atom. The lowest BCUT2D eigenvalue weighted by atomic mass is 9.79. The Morgan fingerprint density at radius 2 is 1.82 bits per heavy atom. The van der Waals surface area contributed by atoms with Crippen LogP contribution in [0.3, 0.4) is 0 Å². The van der Waals surface area contributed by atoms with Gasteiger partial charge in [0.1, 0.15) is 11.3 Å². The number of hydrogen-bond acceptors (Lipinski definition) is 5. The van der Waals surface area contributed by atoms with Crippen molar-refractivity contribution in [2.75, 3.05) is 13.7 Å². The van der Waals surface area contributed by atoms with Gasteiger partial charge < -0.3 is 19.4 Å². The van der Waals surface area contributed by atoms with Gasteiger partial charge in [-0.3, -0.25) is 14.4 Å². The van der Waals surface area contributed by atoms with Crippen LogP contribution in [0.4, 0.5) is 0 Å². The number of allylic oxidation sites excluding steroid dienone is 1. The Labute approximate surface area is 267 Å². The second-order valence-corrected chi connectivity index (χ2v) is 12.4. The SMILES string of the molecule is COc1ccc2oc(C(=O)N[C@H](C=C3CCC(c4ccccc4CN4CCCC4=O)CC3)Cc3ccc(Cl)cc3)cc(=O)c2c1. The monoisotopic (exact) mass is 624 g/mol. The van der Waals surface area contributed by atoms with Crippen LogP contribution >= 0.6 is 11.6 Å². The average molecular weight is 625 g/mol. The van der Waals surface area contributed by atoms with Gasteiger partial charge in [-0.25, -0.2) is 0 Å². The van der Waals surface area contributed by atoms with Crippen LogP contribution in [0.15, 0.2) is 93.7 Å². The van der Waals surface area contributed by atoms with E-state index in [9.17, 15) is 14.4 Å². The minimum atomic E-state index is -0.445. The van der Waals surface area contributed by atoms with Crippen LogP contribution in [0.2, 0.25) is 5.02 Å². The van der Waals surface area contributed by atoms with E-state index in [4.69, 9.17) is 20.8 Å². The first-order chi connectivity index (χ1) is 21.9. The van der Waals surface area contributed by atoms with Gasteiger partial charge in [-0.05, 0) is 91.5 Å². The smallest absolute Gasteiger partial charge is 0.287 e. The van der Waals surface area contributed by atoms with Crippen molar-refractivity contribution in [3.05, 3.63) is 122 Å². The quantitative estimate of drug-likeness (QED) is 0.199. The van der Waals surface area contributed by atoms with Crippen LogP contribution in [-0.4, -0.2) is 36.4 Å². The van der Waals surface area contributed by atoms with Gasteiger partial charge in [0.25, 0.3) is 5.91 Å². The normalized spacial score (nSPS) is 17.4. The van der Waals surface area contributed by atoms with Crippen LogP contribution in [0, 0.1) is 0 Å². The van der Waals surface area contributed by atoms with Gasteiger partial charge in [0.2, 0.25) is 5.91 Å². The molecule has 2 heterocycles. The molecule has 8 heteroatoms. The van der Waals surface area contributed by atoms with E-state index >= 15 is 0 Å². The van der Waals surface area contributed by atoms with E-state index in [2.05, 4.69) is 35.7 Å². The summed E-state index contributed by atoms with van der Waals surface area (Å²) in [7, 11) is 1.53. The third kappa shape index (κ3) is 7.31. The predicted molar refractivity (Wildman–Crippen MR) is 176 cm³/mol. The number of carbonyl (C=O) groups is 2. The van der Waals surface area contributed by atoms with Crippen molar-refractivity contribution in [1.82, 2.24) is 10.2 Å². The molecule has 1 aliphatic heterocycles. The van der Waals surface area contributed by atoms with Crippen molar-refractivity contribution >= 4 is 34.4 Å². The fourth-order valence-corrected chi connectivity index (χ4v) is 6.67. The predicted octanol–water partition coefficient (Wildman–Crippen LogP) is 7.20. The lowest BCUT2D eigenvalue weighted by Gasteiger charge is -2.28. The number of likely N-dealkylation sites (tertiary alicyclic amines) is 1. The first-order valence-electron chi connectivity index (χ1n) is 15.6. The van der Waals surface area contributed by atoms with E-state index in [0.717, 1.165) is 44.2 Å². The zero-order valence-electron chi connectivity index (χ0n) is 25.4. The molecule has 1 saturated heterocycles. The highest BCUT2D eigenvalue weighted by Crippen LogP contribution is 2.37. The molecule has 1 saturated carbocycles. The lowest BCUT2D eigenvalue weighted by molar-refractivity contribution is -0.128. The van der Waals surface area contributed by atoms with E-state index in [-0.39, 0.29) is 23.1 Å². The molecule has 1 aliphatic carbocycles. The first-order valence-corrected chi connectivity index (χ1v) is 16.0. The molecule has 232 valence electrons. The molecule has 2 fully saturated rings. The van der Waals surface area contributed by atoms with Gasteiger partial charge in [-0.15, -0.1) is 0 Å². The minimum absolute atomic E-state index is 0.0334. The van der Waals surface area contributed by atoms with Crippen LogP contribution in [0.25, 0.3) is 11.0 Å². The molecule has 2 amide bonds. The number of methoxy groups -OCH3 is 1. The van der Waals surface area contributed by atoms with Crippen molar-refractivity contribution in [2.24, 2.45) is 0 Å². The molecule has 6 rings (SSSR count). The Bertz CT molecular complexity index is 1790. The second-order valence-electron chi connectivity index (χ2n) is 12.0. The van der Waals surface area contributed by atoms with Crippen molar-refractivity contribution in [1.29, 1.82) is 0 Å². The third-order valence-electron chi connectivity index (χ3n) is 8.94. The number of rotatable bonds is 9. The highest BCUT2D eigenvalue weighted by Gasteiger charge is 2.25. The molecule has 3 aromatic carbocycles. The van der Waals surface area contributed by atoms with Crippen LogP contribution < -0.4 is 15.5 Å². The van der Waals surface area contributed by atoms with Gasteiger partial charge in [0.05, 0.1) is 18.5 Å². The Morgan fingerprint density at radius 3 is 2.56 bits per heavy atom. The molecule has 45 heavy (non-hydrogen) atoms. The number of benzene rings is 3. The van der Waals surface area contributed by atoms with E-state index in [0.29, 0.717) is 47.0 Å². The summed E-state index contributed by atoms with van der Waals surface area (Å²) in [6.45, 7) is 1.52. The molecule has 1 aromatic heterocycles. The number of halogens is 1. The fraction of sp³-hybridized carbons (Fsp3) is 0.324. The number of nitrogens with zero attached hydrogens (tertiary/aromatic N) is 1. The Kier molecular flexibility index (Phi) is 9.36. The molecule has 4 aromatic rings. The summed E-state index contributed by atoms with van der Waals surface area (Å²) in [5.41, 5.74) is 4.94. The first kappa shape index (κ1) is 30.7. The van der Waals surface area contributed by atoms with Crippen molar-refractivity contribution < 1.29 is 18.7 Å². The van der Waals surface area contributed by atoms with Crippen molar-refractivity contribution in [3.63, 3.8) is 0 Å². The van der Waals surface area contributed by atoms with Crippen LogP contribution in [0.1, 0.15) is 71.7 Å². The topological polar surface area (TPSA) is 88.8 Å². The molecule has 0 spiro atoms. The average Bonchev–Trinajstić information content (AvgIpc) is 3.46. The summed E-state index contributed by atoms with van der Waals surface area (Å²) in [6.07, 6.45) is 8.16. The summed E-state index contributed by atoms with van der Waals surface area (Å²) < 4.78 is 11.1. The van der Waals surface area contributed by atoms with E-state index in [1.54, 1.807) is 18.2 Å². The maximum Gasteiger partial charge on any atom is 0.287 e. The van der Waals surface area contributed by atoms with Crippen molar-refractivity contribution in [3.8, 4) is 5.75 Å². The standard InChI is InChI=1S/C37H37ClN2O5/c1-44-30-16-17-34-32(21-30)33(41)22-35(45-34)37(43)39-29(20-25-10-14-28(38)15-11-25)19-24-8-12-26(13-9-24)31-6-3-2-5-27(31)23-40-18-4-7-36(40)42/h2-3,5-6,10-11,14-17,19,21-22,26,29H,4,7-9,12-13,18,20,23H2,1H3,(H,39,43)/t26?,29-/m1/s1. The number of nitrogens with one attached hydrogen (secondary N) is 1. The number of carbonyl (C=O) groups excluding carboxylic acids is 2. The molecule has 0 bridgehead atoms. The van der Waals surface area contributed by atoms with Gasteiger partial charge >= 0.3 is 0 Å².